The van der Waals surface area contributed by atoms with Crippen LogP contribution in [0.4, 0.5) is 8.78 Å². The third-order valence-electron chi connectivity index (χ3n) is 5.29. The highest BCUT2D eigenvalue weighted by molar-refractivity contribution is 6.21. The first-order valence-corrected chi connectivity index (χ1v) is 10.2. The van der Waals surface area contributed by atoms with Crippen LogP contribution in [0.5, 0.6) is 11.5 Å². The first kappa shape index (κ1) is 21.1. The molecule has 0 heterocycles. The lowest BCUT2D eigenvalue weighted by atomic mass is 10.1. The van der Waals surface area contributed by atoms with Crippen LogP contribution in [-0.4, -0.2) is 31.6 Å². The fraction of sp³-hybridized carbons (Fsp3) is 0.364. The van der Waals surface area contributed by atoms with Gasteiger partial charge in [-0.3, -0.25) is 9.59 Å². The minimum atomic E-state index is -0.590. The number of amides is 2. The molecule has 6 nitrogen and oxygen atoms in total. The predicted octanol–water partition coefficient (Wildman–Crippen LogP) is 3.36. The number of carbonyl (C=O) groups excluding carboxylic acids is 2. The Morgan fingerprint density at radius 1 is 0.806 bits per heavy atom. The number of nitrogens with one attached hydrogen (secondary N) is 2. The fourth-order valence-corrected chi connectivity index (χ4v) is 2.93. The van der Waals surface area contributed by atoms with Crippen LogP contribution in [0, 0.1) is 25.5 Å². The lowest BCUT2D eigenvalue weighted by Gasteiger charge is -2.14. The van der Waals surface area contributed by atoms with Crippen molar-refractivity contribution in [3.63, 3.8) is 0 Å². The van der Waals surface area contributed by atoms with Crippen molar-refractivity contribution >= 4 is 19.5 Å². The number of hydrogen-bond acceptors (Lipinski definition) is 4. The average Bonchev–Trinajstić information content (AvgIpc) is 3.65. The van der Waals surface area contributed by atoms with Crippen molar-refractivity contribution in [2.24, 2.45) is 0 Å². The fourth-order valence-electron chi connectivity index (χ4n) is 2.93. The molecule has 0 spiro atoms. The van der Waals surface area contributed by atoms with Crippen LogP contribution in [0.3, 0.4) is 0 Å². The van der Waals surface area contributed by atoms with Gasteiger partial charge >= 0.3 is 7.69 Å². The summed E-state index contributed by atoms with van der Waals surface area (Å²) in [6.45, 7) is 3.02. The summed E-state index contributed by atoms with van der Waals surface area (Å²) in [4.78, 5) is 24.4. The van der Waals surface area contributed by atoms with Gasteiger partial charge in [-0.1, -0.05) is 0 Å². The first-order valence-electron chi connectivity index (χ1n) is 10.2. The first-order chi connectivity index (χ1) is 14.8. The topological polar surface area (TPSA) is 76.7 Å². The van der Waals surface area contributed by atoms with Crippen molar-refractivity contribution in [3.05, 3.63) is 58.2 Å². The van der Waals surface area contributed by atoms with Gasteiger partial charge in [0.1, 0.15) is 23.1 Å². The second kappa shape index (κ2) is 8.57. The van der Waals surface area contributed by atoms with Crippen molar-refractivity contribution in [3.8, 4) is 11.5 Å². The monoisotopic (exact) mass is 427 g/mol. The van der Waals surface area contributed by atoms with Crippen molar-refractivity contribution in [1.82, 2.24) is 10.6 Å². The van der Waals surface area contributed by atoms with E-state index in [0.717, 1.165) is 45.5 Å². The second-order valence-electron chi connectivity index (χ2n) is 7.99. The minimum absolute atomic E-state index is 0.0988. The molecule has 0 bridgehead atoms. The average molecular weight is 427 g/mol. The lowest BCUT2D eigenvalue weighted by Crippen LogP contribution is -2.26. The Balaban J connectivity index is 1.44. The number of carbonyl (C=O) groups is 2. The van der Waals surface area contributed by atoms with E-state index in [9.17, 15) is 18.4 Å². The van der Waals surface area contributed by atoms with E-state index in [-0.39, 0.29) is 57.7 Å². The summed E-state index contributed by atoms with van der Waals surface area (Å²) in [6, 6.07) is 5.42. The van der Waals surface area contributed by atoms with E-state index >= 15 is 0 Å². The molecule has 2 aliphatic carbocycles. The Labute approximate surface area is 179 Å². The Morgan fingerprint density at radius 2 is 1.19 bits per heavy atom. The normalized spacial score (nSPS) is 15.2. The summed E-state index contributed by atoms with van der Waals surface area (Å²) in [5.74, 6) is -1.73. The standard InChI is InChI=1S/C22H22BF2N2O4/c1-11-17(24)7-13(21(28)26-15-3-4-15)9-19(11)30-23-31-20-10-14(8-18(25)12(20)2)22(29)27-16-5-6-16/h7-10,15-16H,3-6H2,1-2H3,(H,26,28)(H,27,29). The van der Waals surface area contributed by atoms with Crippen molar-refractivity contribution in [2.75, 3.05) is 0 Å². The van der Waals surface area contributed by atoms with Gasteiger partial charge in [-0.05, 0) is 63.8 Å². The summed E-state index contributed by atoms with van der Waals surface area (Å²) in [5.41, 5.74) is 0.672. The van der Waals surface area contributed by atoms with Crippen LogP contribution >= 0.6 is 0 Å². The number of halogens is 2. The van der Waals surface area contributed by atoms with E-state index < -0.39 is 11.6 Å². The van der Waals surface area contributed by atoms with Gasteiger partial charge < -0.3 is 19.9 Å². The Morgan fingerprint density at radius 3 is 1.55 bits per heavy atom. The van der Waals surface area contributed by atoms with E-state index in [4.69, 9.17) is 9.31 Å². The largest absolute Gasteiger partial charge is 0.658 e. The maximum absolute atomic E-state index is 14.3. The second-order valence-corrected chi connectivity index (χ2v) is 7.99. The van der Waals surface area contributed by atoms with E-state index in [1.165, 1.54) is 26.0 Å². The highest BCUT2D eigenvalue weighted by atomic mass is 19.1. The highest BCUT2D eigenvalue weighted by Crippen LogP contribution is 2.27. The third kappa shape index (κ3) is 5.15. The Hall–Kier alpha value is -3.10. The zero-order valence-electron chi connectivity index (χ0n) is 17.3. The SMILES string of the molecule is Cc1c(F)cc(C(=O)NC2CC2)cc1O[B]Oc1cc(C(=O)NC2CC2)cc(F)c1C. The molecule has 9 heteroatoms. The highest BCUT2D eigenvalue weighted by Gasteiger charge is 2.26. The van der Waals surface area contributed by atoms with Gasteiger partial charge in [0, 0.05) is 34.3 Å². The molecule has 2 aliphatic rings. The summed E-state index contributed by atoms with van der Waals surface area (Å²) >= 11 is 0. The van der Waals surface area contributed by atoms with E-state index in [2.05, 4.69) is 10.6 Å². The molecule has 31 heavy (non-hydrogen) atoms. The molecule has 2 amide bonds. The smallest absolute Gasteiger partial charge is 0.526 e. The van der Waals surface area contributed by atoms with Crippen molar-refractivity contribution in [2.45, 2.75) is 51.6 Å². The van der Waals surface area contributed by atoms with Crippen LogP contribution in [0.1, 0.15) is 57.5 Å². The molecule has 2 fully saturated rings. The number of hydrogen-bond donors (Lipinski definition) is 2. The summed E-state index contributed by atoms with van der Waals surface area (Å²) in [6.07, 6.45) is 3.66. The molecule has 161 valence electrons. The maximum atomic E-state index is 14.3. The molecule has 2 aromatic rings. The molecule has 0 aliphatic heterocycles. The summed E-state index contributed by atoms with van der Waals surface area (Å²) in [5, 5.41) is 5.58. The Bertz CT molecular complexity index is 957. The molecule has 2 N–H and O–H groups in total. The third-order valence-corrected chi connectivity index (χ3v) is 5.29. The maximum Gasteiger partial charge on any atom is 0.658 e. The van der Waals surface area contributed by atoms with Gasteiger partial charge in [0.2, 0.25) is 0 Å². The van der Waals surface area contributed by atoms with Gasteiger partial charge in [0.15, 0.2) is 0 Å². The quantitative estimate of drug-likeness (QED) is 0.634. The molecule has 1 radical (unpaired) electrons. The van der Waals surface area contributed by atoms with Crippen molar-refractivity contribution < 1.29 is 27.7 Å². The molecular formula is C22H22BF2N2O4. The van der Waals surface area contributed by atoms with Gasteiger partial charge in [-0.25, -0.2) is 8.78 Å². The van der Waals surface area contributed by atoms with Crippen LogP contribution in [0.25, 0.3) is 0 Å². The van der Waals surface area contributed by atoms with Gasteiger partial charge in [-0.15, -0.1) is 0 Å². The predicted molar refractivity (Wildman–Crippen MR) is 110 cm³/mol. The molecular weight excluding hydrogens is 405 g/mol. The lowest BCUT2D eigenvalue weighted by molar-refractivity contribution is 0.0942. The zero-order chi connectivity index (χ0) is 22.1. The Kier molecular flexibility index (Phi) is 5.85. The van der Waals surface area contributed by atoms with Crippen molar-refractivity contribution in [1.29, 1.82) is 0 Å². The molecule has 0 atom stereocenters. The molecule has 2 aromatic carbocycles. The molecule has 0 saturated heterocycles. The van der Waals surface area contributed by atoms with Gasteiger partial charge in [0.05, 0.1) is 0 Å². The van der Waals surface area contributed by atoms with E-state index in [1.807, 2.05) is 0 Å². The number of benzene rings is 2. The summed E-state index contributed by atoms with van der Waals surface area (Å²) < 4.78 is 39.4. The van der Waals surface area contributed by atoms with E-state index in [0.29, 0.717) is 0 Å². The molecule has 4 rings (SSSR count). The van der Waals surface area contributed by atoms with Crippen LogP contribution in [0.2, 0.25) is 0 Å². The van der Waals surface area contributed by atoms with E-state index in [1.54, 1.807) is 0 Å². The minimum Gasteiger partial charge on any atom is -0.526 e. The van der Waals surface area contributed by atoms with Crippen LogP contribution < -0.4 is 19.9 Å². The van der Waals surface area contributed by atoms with Gasteiger partial charge in [0.25, 0.3) is 11.8 Å². The van der Waals surface area contributed by atoms with Crippen LogP contribution in [0.15, 0.2) is 24.3 Å². The van der Waals surface area contributed by atoms with Gasteiger partial charge in [-0.2, -0.15) is 0 Å². The molecule has 0 unspecified atom stereocenters. The molecule has 0 aromatic heterocycles. The molecule has 2 saturated carbocycles. The zero-order valence-corrected chi connectivity index (χ0v) is 17.3. The summed E-state index contributed by atoms with van der Waals surface area (Å²) in [7, 11) is 0.925. The number of rotatable bonds is 8. The van der Waals surface area contributed by atoms with Crippen LogP contribution in [-0.2, 0) is 0 Å².